The van der Waals surface area contributed by atoms with Gasteiger partial charge in [-0.1, -0.05) is 25.3 Å². The van der Waals surface area contributed by atoms with Crippen LogP contribution in [0.1, 0.15) is 38.5 Å². The molecule has 1 aliphatic heterocycles. The second kappa shape index (κ2) is 6.13. The van der Waals surface area contributed by atoms with Gasteiger partial charge < -0.3 is 10.1 Å². The summed E-state index contributed by atoms with van der Waals surface area (Å²) >= 11 is 0. The first-order valence-corrected chi connectivity index (χ1v) is 6.17. The van der Waals surface area contributed by atoms with Gasteiger partial charge in [0.2, 0.25) is 0 Å². The summed E-state index contributed by atoms with van der Waals surface area (Å²) in [5.41, 5.74) is 0. The van der Waals surface area contributed by atoms with Gasteiger partial charge in [-0.3, -0.25) is 5.32 Å². The highest BCUT2D eigenvalue weighted by atomic mass is 16.5. The third-order valence-corrected chi connectivity index (χ3v) is 3.27. The lowest BCUT2D eigenvalue weighted by Crippen LogP contribution is -2.35. The maximum atomic E-state index is 5.61. The Hall–Kier alpha value is -0.540. The summed E-state index contributed by atoms with van der Waals surface area (Å²) in [5, 5.41) is 6.74. The van der Waals surface area contributed by atoms with Crippen molar-refractivity contribution in [1.29, 1.82) is 0 Å². The van der Waals surface area contributed by atoms with E-state index in [9.17, 15) is 0 Å². The second-order valence-electron chi connectivity index (χ2n) is 4.56. The van der Waals surface area contributed by atoms with Crippen molar-refractivity contribution in [2.75, 3.05) is 13.3 Å². The van der Waals surface area contributed by atoms with Crippen LogP contribution in [0.3, 0.4) is 0 Å². The van der Waals surface area contributed by atoms with Crippen LogP contribution in [-0.2, 0) is 4.74 Å². The van der Waals surface area contributed by atoms with E-state index in [2.05, 4.69) is 16.7 Å². The molecule has 0 bridgehead atoms. The van der Waals surface area contributed by atoms with Crippen LogP contribution in [0, 0.1) is 0 Å². The number of ether oxygens (including phenoxy) is 1. The summed E-state index contributed by atoms with van der Waals surface area (Å²) in [6.07, 6.45) is 12.1. The summed E-state index contributed by atoms with van der Waals surface area (Å²) in [7, 11) is 0. The first-order chi connectivity index (χ1) is 7.45. The van der Waals surface area contributed by atoms with Gasteiger partial charge in [-0.2, -0.15) is 0 Å². The molecule has 1 heterocycles. The Morgan fingerprint density at radius 3 is 2.87 bits per heavy atom. The zero-order valence-corrected chi connectivity index (χ0v) is 9.37. The zero-order chi connectivity index (χ0) is 10.3. The maximum absolute atomic E-state index is 5.61. The van der Waals surface area contributed by atoms with Crippen molar-refractivity contribution < 1.29 is 4.74 Å². The third-order valence-electron chi connectivity index (χ3n) is 3.27. The minimum Gasteiger partial charge on any atom is -0.386 e. The molecule has 0 amide bonds. The van der Waals surface area contributed by atoms with E-state index >= 15 is 0 Å². The molecule has 2 rings (SSSR count). The normalized spacial score (nSPS) is 26.8. The molecule has 0 aromatic heterocycles. The Labute approximate surface area is 92.3 Å². The highest BCUT2D eigenvalue weighted by Gasteiger charge is 2.13. The molecule has 1 aliphatic carbocycles. The van der Waals surface area contributed by atoms with E-state index in [0.717, 1.165) is 13.0 Å². The van der Waals surface area contributed by atoms with Gasteiger partial charge in [-0.25, -0.2) is 0 Å². The van der Waals surface area contributed by atoms with Gasteiger partial charge in [0, 0.05) is 6.04 Å². The standard InChI is InChI=1S/C12H22N2O/c1-2-5-11(6-3-1)14-10-15-9-12-7-4-8-13-12/h4,8,11-14H,1-3,5-7,9-10H2/t12-/m0/s1. The fourth-order valence-corrected chi connectivity index (χ4v) is 2.31. The molecular formula is C12H22N2O. The molecule has 1 fully saturated rings. The molecule has 15 heavy (non-hydrogen) atoms. The molecule has 3 heteroatoms. The Bertz CT molecular complexity index is 192. The number of hydrogen-bond donors (Lipinski definition) is 2. The quantitative estimate of drug-likeness (QED) is 0.536. The summed E-state index contributed by atoms with van der Waals surface area (Å²) < 4.78 is 5.61. The predicted molar refractivity (Wildman–Crippen MR) is 61.5 cm³/mol. The van der Waals surface area contributed by atoms with Crippen LogP contribution in [0.25, 0.3) is 0 Å². The Balaban J connectivity index is 1.47. The van der Waals surface area contributed by atoms with Crippen molar-refractivity contribution in [2.24, 2.45) is 0 Å². The zero-order valence-electron chi connectivity index (χ0n) is 9.37. The highest BCUT2D eigenvalue weighted by molar-refractivity contribution is 4.94. The Kier molecular flexibility index (Phi) is 4.48. The van der Waals surface area contributed by atoms with E-state index in [1.54, 1.807) is 0 Å². The molecule has 0 unspecified atom stereocenters. The topological polar surface area (TPSA) is 33.3 Å². The second-order valence-corrected chi connectivity index (χ2v) is 4.56. The first kappa shape index (κ1) is 11.0. The van der Waals surface area contributed by atoms with Gasteiger partial charge in [0.15, 0.2) is 0 Å². The lowest BCUT2D eigenvalue weighted by Gasteiger charge is -2.23. The molecule has 1 atom stereocenters. The molecule has 0 aromatic rings. The number of hydrogen-bond acceptors (Lipinski definition) is 3. The van der Waals surface area contributed by atoms with Crippen LogP contribution in [0.5, 0.6) is 0 Å². The molecule has 86 valence electrons. The lowest BCUT2D eigenvalue weighted by atomic mass is 9.96. The predicted octanol–water partition coefficient (Wildman–Crippen LogP) is 1.76. The third kappa shape index (κ3) is 3.84. The van der Waals surface area contributed by atoms with Gasteiger partial charge in [-0.15, -0.1) is 0 Å². The summed E-state index contributed by atoms with van der Waals surface area (Å²) in [5.74, 6) is 0. The van der Waals surface area contributed by atoms with Gasteiger partial charge in [-0.05, 0) is 25.5 Å². The lowest BCUT2D eigenvalue weighted by molar-refractivity contribution is 0.0896. The average molecular weight is 210 g/mol. The Morgan fingerprint density at radius 2 is 2.13 bits per heavy atom. The largest absolute Gasteiger partial charge is 0.386 e. The van der Waals surface area contributed by atoms with E-state index < -0.39 is 0 Å². The maximum Gasteiger partial charge on any atom is 0.0968 e. The first-order valence-electron chi connectivity index (χ1n) is 6.17. The minimum atomic E-state index is 0.498. The minimum absolute atomic E-state index is 0.498. The van der Waals surface area contributed by atoms with Crippen molar-refractivity contribution in [3.8, 4) is 0 Å². The summed E-state index contributed by atoms with van der Waals surface area (Å²) in [6.45, 7) is 1.52. The van der Waals surface area contributed by atoms with E-state index in [4.69, 9.17) is 4.74 Å². The van der Waals surface area contributed by atoms with Crippen LogP contribution in [-0.4, -0.2) is 25.4 Å². The Morgan fingerprint density at radius 1 is 1.27 bits per heavy atom. The number of rotatable bonds is 5. The molecular weight excluding hydrogens is 188 g/mol. The van der Waals surface area contributed by atoms with Gasteiger partial charge in [0.05, 0.1) is 19.4 Å². The fourth-order valence-electron chi connectivity index (χ4n) is 2.31. The fraction of sp³-hybridized carbons (Fsp3) is 0.833. The molecule has 0 spiro atoms. The van der Waals surface area contributed by atoms with Crippen molar-refractivity contribution >= 4 is 0 Å². The van der Waals surface area contributed by atoms with Gasteiger partial charge in [0.25, 0.3) is 0 Å². The van der Waals surface area contributed by atoms with Crippen molar-refractivity contribution in [3.63, 3.8) is 0 Å². The van der Waals surface area contributed by atoms with Crippen LogP contribution in [0.2, 0.25) is 0 Å². The van der Waals surface area contributed by atoms with Crippen LogP contribution >= 0.6 is 0 Å². The van der Waals surface area contributed by atoms with E-state index in [0.29, 0.717) is 18.8 Å². The summed E-state index contributed by atoms with van der Waals surface area (Å²) in [4.78, 5) is 0. The van der Waals surface area contributed by atoms with Gasteiger partial charge >= 0.3 is 0 Å². The highest BCUT2D eigenvalue weighted by Crippen LogP contribution is 2.17. The van der Waals surface area contributed by atoms with Crippen molar-refractivity contribution in [1.82, 2.24) is 10.6 Å². The van der Waals surface area contributed by atoms with Gasteiger partial charge in [0.1, 0.15) is 0 Å². The summed E-state index contributed by atoms with van der Waals surface area (Å²) in [6, 6.07) is 1.20. The molecule has 2 aliphatic rings. The SMILES string of the molecule is C1=CN[C@H](COCNC2CCCCC2)C1. The molecule has 2 N–H and O–H groups in total. The molecule has 0 saturated heterocycles. The van der Waals surface area contributed by atoms with Crippen molar-refractivity contribution in [2.45, 2.75) is 50.6 Å². The molecule has 0 aromatic carbocycles. The van der Waals surface area contributed by atoms with Crippen LogP contribution in [0.15, 0.2) is 12.3 Å². The van der Waals surface area contributed by atoms with Crippen molar-refractivity contribution in [3.05, 3.63) is 12.3 Å². The van der Waals surface area contributed by atoms with Crippen LogP contribution < -0.4 is 10.6 Å². The monoisotopic (exact) mass is 210 g/mol. The smallest absolute Gasteiger partial charge is 0.0968 e. The van der Waals surface area contributed by atoms with E-state index in [1.807, 2.05) is 6.20 Å². The molecule has 3 nitrogen and oxygen atoms in total. The molecule has 0 radical (unpaired) electrons. The van der Waals surface area contributed by atoms with E-state index in [-0.39, 0.29) is 0 Å². The number of nitrogens with one attached hydrogen (secondary N) is 2. The molecule has 1 saturated carbocycles. The van der Waals surface area contributed by atoms with E-state index in [1.165, 1.54) is 32.1 Å². The van der Waals surface area contributed by atoms with Crippen LogP contribution in [0.4, 0.5) is 0 Å². The average Bonchev–Trinajstić information content (AvgIpc) is 2.79.